The SMILES string of the molecule is Cc1ccccc1OCCSc1nnc(CO)n1C. The van der Waals surface area contributed by atoms with Crippen LogP contribution in [0.25, 0.3) is 0 Å². The van der Waals surface area contributed by atoms with Crippen LogP contribution in [0.1, 0.15) is 11.4 Å². The van der Waals surface area contributed by atoms with Crippen LogP contribution in [0, 0.1) is 6.92 Å². The first-order valence-corrected chi connectivity index (χ1v) is 7.01. The molecule has 19 heavy (non-hydrogen) atoms. The third kappa shape index (κ3) is 3.48. The summed E-state index contributed by atoms with van der Waals surface area (Å²) in [6.45, 7) is 2.54. The number of aliphatic hydroxyl groups excluding tert-OH is 1. The van der Waals surface area contributed by atoms with Gasteiger partial charge in [0.2, 0.25) is 0 Å². The molecule has 2 aromatic rings. The van der Waals surface area contributed by atoms with Gasteiger partial charge in [0.15, 0.2) is 11.0 Å². The molecule has 0 saturated carbocycles. The number of para-hydroxylation sites is 1. The predicted octanol–water partition coefficient (Wildman–Crippen LogP) is 1.79. The lowest BCUT2D eigenvalue weighted by atomic mass is 10.2. The third-order valence-corrected chi connectivity index (χ3v) is 3.72. The Balaban J connectivity index is 1.81. The molecule has 0 radical (unpaired) electrons. The lowest BCUT2D eigenvalue weighted by Crippen LogP contribution is -2.03. The fourth-order valence-electron chi connectivity index (χ4n) is 1.61. The fourth-order valence-corrected chi connectivity index (χ4v) is 2.36. The van der Waals surface area contributed by atoms with Gasteiger partial charge in [0.25, 0.3) is 0 Å². The maximum atomic E-state index is 9.03. The highest BCUT2D eigenvalue weighted by Gasteiger charge is 2.07. The third-order valence-electron chi connectivity index (χ3n) is 2.73. The number of rotatable bonds is 6. The van der Waals surface area contributed by atoms with Crippen LogP contribution >= 0.6 is 11.8 Å². The molecule has 0 spiro atoms. The van der Waals surface area contributed by atoms with Crippen molar-refractivity contribution in [2.45, 2.75) is 18.7 Å². The summed E-state index contributed by atoms with van der Waals surface area (Å²) in [6, 6.07) is 7.95. The molecule has 0 saturated heterocycles. The molecular weight excluding hydrogens is 262 g/mol. The van der Waals surface area contributed by atoms with Crippen molar-refractivity contribution >= 4 is 11.8 Å². The molecule has 6 heteroatoms. The quantitative estimate of drug-likeness (QED) is 0.645. The molecule has 0 unspecified atom stereocenters. The van der Waals surface area contributed by atoms with Crippen LogP contribution in [0.15, 0.2) is 29.4 Å². The number of aryl methyl sites for hydroxylation is 1. The first-order valence-electron chi connectivity index (χ1n) is 6.02. The van der Waals surface area contributed by atoms with E-state index in [0.717, 1.165) is 22.2 Å². The molecule has 0 aliphatic carbocycles. The van der Waals surface area contributed by atoms with Gasteiger partial charge in [-0.2, -0.15) is 0 Å². The van der Waals surface area contributed by atoms with Crippen molar-refractivity contribution in [3.05, 3.63) is 35.7 Å². The van der Waals surface area contributed by atoms with Gasteiger partial charge in [0, 0.05) is 12.8 Å². The Bertz CT molecular complexity index is 542. The van der Waals surface area contributed by atoms with Gasteiger partial charge in [-0.1, -0.05) is 30.0 Å². The highest BCUT2D eigenvalue weighted by Crippen LogP contribution is 2.18. The smallest absolute Gasteiger partial charge is 0.191 e. The van der Waals surface area contributed by atoms with Crippen molar-refractivity contribution in [1.29, 1.82) is 0 Å². The van der Waals surface area contributed by atoms with E-state index in [1.165, 1.54) is 0 Å². The number of aromatic nitrogens is 3. The van der Waals surface area contributed by atoms with Crippen LogP contribution in [0.4, 0.5) is 0 Å². The molecule has 0 aliphatic rings. The van der Waals surface area contributed by atoms with E-state index in [-0.39, 0.29) is 6.61 Å². The average Bonchev–Trinajstić information content (AvgIpc) is 2.77. The first kappa shape index (κ1) is 13.9. The number of nitrogens with zero attached hydrogens (tertiary/aromatic N) is 3. The summed E-state index contributed by atoms with van der Waals surface area (Å²) in [6.07, 6.45) is 0. The van der Waals surface area contributed by atoms with Crippen LogP contribution in [0.3, 0.4) is 0 Å². The Morgan fingerprint density at radius 1 is 1.32 bits per heavy atom. The number of aliphatic hydroxyl groups is 1. The largest absolute Gasteiger partial charge is 0.492 e. The van der Waals surface area contributed by atoms with Gasteiger partial charge in [-0.25, -0.2) is 0 Å². The maximum absolute atomic E-state index is 9.03. The van der Waals surface area contributed by atoms with E-state index in [1.54, 1.807) is 16.3 Å². The summed E-state index contributed by atoms with van der Waals surface area (Å²) < 4.78 is 7.49. The van der Waals surface area contributed by atoms with E-state index in [9.17, 15) is 0 Å². The minimum Gasteiger partial charge on any atom is -0.492 e. The number of hydrogen-bond donors (Lipinski definition) is 1. The topological polar surface area (TPSA) is 60.2 Å². The molecule has 0 bridgehead atoms. The van der Waals surface area contributed by atoms with Gasteiger partial charge in [-0.05, 0) is 18.6 Å². The number of thioether (sulfide) groups is 1. The molecule has 5 nitrogen and oxygen atoms in total. The van der Waals surface area contributed by atoms with E-state index in [2.05, 4.69) is 10.2 Å². The van der Waals surface area contributed by atoms with Crippen LogP contribution in [-0.2, 0) is 13.7 Å². The Labute approximate surface area is 116 Å². The van der Waals surface area contributed by atoms with Crippen LogP contribution < -0.4 is 4.74 Å². The van der Waals surface area contributed by atoms with Gasteiger partial charge < -0.3 is 14.4 Å². The minimum atomic E-state index is -0.0935. The number of benzene rings is 1. The second kappa shape index (κ2) is 6.58. The van der Waals surface area contributed by atoms with E-state index in [0.29, 0.717) is 12.4 Å². The monoisotopic (exact) mass is 279 g/mol. The van der Waals surface area contributed by atoms with Crippen molar-refractivity contribution in [2.24, 2.45) is 7.05 Å². The number of hydrogen-bond acceptors (Lipinski definition) is 5. The zero-order valence-electron chi connectivity index (χ0n) is 11.0. The van der Waals surface area contributed by atoms with Crippen molar-refractivity contribution in [3.63, 3.8) is 0 Å². The van der Waals surface area contributed by atoms with Crippen molar-refractivity contribution in [1.82, 2.24) is 14.8 Å². The Kier molecular flexibility index (Phi) is 4.81. The highest BCUT2D eigenvalue weighted by atomic mass is 32.2. The van der Waals surface area contributed by atoms with Gasteiger partial charge in [-0.15, -0.1) is 10.2 Å². The highest BCUT2D eigenvalue weighted by molar-refractivity contribution is 7.99. The van der Waals surface area contributed by atoms with E-state index in [4.69, 9.17) is 9.84 Å². The number of ether oxygens (including phenoxy) is 1. The predicted molar refractivity (Wildman–Crippen MR) is 74.3 cm³/mol. The zero-order valence-corrected chi connectivity index (χ0v) is 11.9. The lowest BCUT2D eigenvalue weighted by molar-refractivity contribution is 0.266. The zero-order chi connectivity index (χ0) is 13.7. The Morgan fingerprint density at radius 3 is 2.79 bits per heavy atom. The van der Waals surface area contributed by atoms with E-state index in [1.807, 2.05) is 38.2 Å². The molecule has 0 fully saturated rings. The molecule has 0 aliphatic heterocycles. The van der Waals surface area contributed by atoms with Crippen LogP contribution in [0.5, 0.6) is 5.75 Å². The Morgan fingerprint density at radius 2 is 2.11 bits per heavy atom. The molecule has 1 N–H and O–H groups in total. The molecule has 1 aromatic heterocycles. The van der Waals surface area contributed by atoms with E-state index < -0.39 is 0 Å². The summed E-state index contributed by atoms with van der Waals surface area (Å²) in [5.74, 6) is 2.27. The molecule has 0 atom stereocenters. The van der Waals surface area contributed by atoms with Gasteiger partial charge in [-0.3, -0.25) is 0 Å². The summed E-state index contributed by atoms with van der Waals surface area (Å²) in [5.41, 5.74) is 1.13. The molecule has 1 heterocycles. The molecular formula is C13H17N3O2S. The summed E-state index contributed by atoms with van der Waals surface area (Å²) in [4.78, 5) is 0. The van der Waals surface area contributed by atoms with Crippen molar-refractivity contribution in [2.75, 3.05) is 12.4 Å². The van der Waals surface area contributed by atoms with Crippen LogP contribution in [-0.4, -0.2) is 32.2 Å². The molecule has 2 rings (SSSR count). The summed E-state index contributed by atoms with van der Waals surface area (Å²) in [5, 5.41) is 17.7. The summed E-state index contributed by atoms with van der Waals surface area (Å²) in [7, 11) is 1.84. The van der Waals surface area contributed by atoms with Gasteiger partial charge >= 0.3 is 0 Å². The van der Waals surface area contributed by atoms with Crippen molar-refractivity contribution < 1.29 is 9.84 Å². The normalized spacial score (nSPS) is 10.7. The second-order valence-electron chi connectivity index (χ2n) is 4.08. The Hall–Kier alpha value is -1.53. The molecule has 1 aromatic carbocycles. The molecule has 0 amide bonds. The maximum Gasteiger partial charge on any atom is 0.191 e. The van der Waals surface area contributed by atoms with Gasteiger partial charge in [0.05, 0.1) is 6.61 Å². The standard InChI is InChI=1S/C13H17N3O2S/c1-10-5-3-4-6-11(10)18-7-8-19-13-15-14-12(9-17)16(13)2/h3-6,17H,7-9H2,1-2H3. The minimum absolute atomic E-state index is 0.0935. The van der Waals surface area contributed by atoms with E-state index >= 15 is 0 Å². The fraction of sp³-hybridized carbons (Fsp3) is 0.385. The molecule has 102 valence electrons. The van der Waals surface area contributed by atoms with Crippen LogP contribution in [0.2, 0.25) is 0 Å². The van der Waals surface area contributed by atoms with Gasteiger partial charge in [0.1, 0.15) is 12.4 Å². The summed E-state index contributed by atoms with van der Waals surface area (Å²) >= 11 is 1.56. The lowest BCUT2D eigenvalue weighted by Gasteiger charge is -2.08. The average molecular weight is 279 g/mol. The first-order chi connectivity index (χ1) is 9.22. The van der Waals surface area contributed by atoms with Crippen molar-refractivity contribution in [3.8, 4) is 5.75 Å². The second-order valence-corrected chi connectivity index (χ2v) is 5.14.